The lowest BCUT2D eigenvalue weighted by molar-refractivity contribution is -0.384. The fourth-order valence-electron chi connectivity index (χ4n) is 1.65. The zero-order chi connectivity index (χ0) is 13.8. The highest BCUT2D eigenvalue weighted by Gasteiger charge is 2.18. The number of aromatic nitrogens is 1. The lowest BCUT2D eigenvalue weighted by atomic mass is 10.0. The number of nitro groups is 1. The fourth-order valence-corrected chi connectivity index (χ4v) is 1.65. The first-order chi connectivity index (χ1) is 9.13. The molecule has 0 bridgehead atoms. The summed E-state index contributed by atoms with van der Waals surface area (Å²) in [6.45, 7) is 0. The van der Waals surface area contributed by atoms with E-state index in [-0.39, 0.29) is 17.0 Å². The molecule has 0 unspecified atom stereocenters. The highest BCUT2D eigenvalue weighted by molar-refractivity contribution is 6.11. The average molecular weight is 258 g/mol. The summed E-state index contributed by atoms with van der Waals surface area (Å²) in [5.74, 6) is -0.0460. The lowest BCUT2D eigenvalue weighted by Gasteiger charge is -2.07. The van der Waals surface area contributed by atoms with Crippen LogP contribution in [0.25, 0.3) is 0 Å². The van der Waals surface area contributed by atoms with Crippen molar-refractivity contribution in [2.45, 2.75) is 0 Å². The zero-order valence-electron chi connectivity index (χ0n) is 10.1. The Morgan fingerprint density at radius 1 is 1.26 bits per heavy atom. The van der Waals surface area contributed by atoms with Crippen LogP contribution in [0.4, 0.5) is 5.69 Å². The standard InChI is InChI=1S/C13H10N2O4/c1-19-12-3-2-10(15(17)18)8-11(12)13(16)9-4-6-14-7-5-9/h2-8H,1H3. The van der Waals surface area contributed by atoms with Crippen molar-refractivity contribution in [3.63, 3.8) is 0 Å². The number of nitrogens with zero attached hydrogens (tertiary/aromatic N) is 2. The molecule has 6 nitrogen and oxygen atoms in total. The molecule has 0 fully saturated rings. The smallest absolute Gasteiger partial charge is 0.270 e. The van der Waals surface area contributed by atoms with Gasteiger partial charge < -0.3 is 4.74 Å². The van der Waals surface area contributed by atoms with E-state index in [9.17, 15) is 14.9 Å². The third-order valence-electron chi connectivity index (χ3n) is 2.58. The Kier molecular flexibility index (Phi) is 3.51. The second-order valence-electron chi connectivity index (χ2n) is 3.71. The van der Waals surface area contributed by atoms with Gasteiger partial charge in [-0.2, -0.15) is 0 Å². The van der Waals surface area contributed by atoms with Crippen molar-refractivity contribution >= 4 is 11.5 Å². The average Bonchev–Trinajstić information content (AvgIpc) is 2.46. The molecule has 6 heteroatoms. The summed E-state index contributed by atoms with van der Waals surface area (Å²) in [6.07, 6.45) is 2.97. The molecular weight excluding hydrogens is 248 g/mol. The maximum Gasteiger partial charge on any atom is 0.270 e. The van der Waals surface area contributed by atoms with Crippen LogP contribution in [-0.2, 0) is 0 Å². The number of hydrogen-bond donors (Lipinski definition) is 0. The summed E-state index contributed by atoms with van der Waals surface area (Å²) in [5, 5.41) is 10.8. The number of carbonyl (C=O) groups is 1. The van der Waals surface area contributed by atoms with Crippen LogP contribution in [0.5, 0.6) is 5.75 Å². The third-order valence-corrected chi connectivity index (χ3v) is 2.58. The van der Waals surface area contributed by atoms with E-state index in [4.69, 9.17) is 4.74 Å². The molecular formula is C13H10N2O4. The Balaban J connectivity index is 2.51. The van der Waals surface area contributed by atoms with Gasteiger partial charge in [0.15, 0.2) is 5.78 Å². The summed E-state index contributed by atoms with van der Waals surface area (Å²) in [7, 11) is 1.41. The Morgan fingerprint density at radius 3 is 2.53 bits per heavy atom. The van der Waals surface area contributed by atoms with Gasteiger partial charge in [-0.15, -0.1) is 0 Å². The molecule has 96 valence electrons. The van der Waals surface area contributed by atoms with Crippen molar-refractivity contribution in [1.82, 2.24) is 4.98 Å². The van der Waals surface area contributed by atoms with Gasteiger partial charge in [-0.1, -0.05) is 0 Å². The first-order valence-electron chi connectivity index (χ1n) is 5.40. The molecule has 0 spiro atoms. The molecule has 19 heavy (non-hydrogen) atoms. The van der Waals surface area contributed by atoms with Gasteiger partial charge in [0.05, 0.1) is 17.6 Å². The van der Waals surface area contributed by atoms with Gasteiger partial charge >= 0.3 is 0 Å². The fraction of sp³-hybridized carbons (Fsp3) is 0.0769. The van der Waals surface area contributed by atoms with E-state index < -0.39 is 4.92 Å². The largest absolute Gasteiger partial charge is 0.496 e. The van der Waals surface area contributed by atoms with E-state index in [0.717, 1.165) is 0 Å². The molecule has 0 saturated heterocycles. The van der Waals surface area contributed by atoms with Crippen molar-refractivity contribution in [2.75, 3.05) is 7.11 Å². The molecule has 0 aliphatic heterocycles. The zero-order valence-corrected chi connectivity index (χ0v) is 10.1. The number of ether oxygens (including phenoxy) is 1. The summed E-state index contributed by atoms with van der Waals surface area (Å²) in [4.78, 5) is 26.3. The molecule has 0 atom stereocenters. The molecule has 1 aromatic carbocycles. The highest BCUT2D eigenvalue weighted by Crippen LogP contribution is 2.26. The quantitative estimate of drug-likeness (QED) is 0.477. The van der Waals surface area contributed by atoms with Crippen molar-refractivity contribution in [3.8, 4) is 5.75 Å². The maximum absolute atomic E-state index is 12.3. The Labute approximate surface area is 108 Å². The molecule has 2 aromatic rings. The molecule has 2 rings (SSSR count). The van der Waals surface area contributed by atoms with Crippen LogP contribution in [0.15, 0.2) is 42.7 Å². The van der Waals surface area contributed by atoms with Crippen molar-refractivity contribution < 1.29 is 14.5 Å². The predicted octanol–water partition coefficient (Wildman–Crippen LogP) is 2.23. The second kappa shape index (κ2) is 5.26. The first-order valence-corrected chi connectivity index (χ1v) is 5.40. The SMILES string of the molecule is COc1ccc([N+](=O)[O-])cc1C(=O)c1ccncc1. The molecule has 0 aliphatic rings. The number of ketones is 1. The molecule has 1 heterocycles. The van der Waals surface area contributed by atoms with Crippen LogP contribution in [0, 0.1) is 10.1 Å². The number of methoxy groups -OCH3 is 1. The van der Waals surface area contributed by atoms with Crippen molar-refractivity contribution in [3.05, 3.63) is 64.0 Å². The molecule has 1 aromatic heterocycles. The van der Waals surface area contributed by atoms with E-state index in [0.29, 0.717) is 11.3 Å². The third kappa shape index (κ3) is 2.57. The summed E-state index contributed by atoms with van der Waals surface area (Å²) in [6, 6.07) is 7.00. The molecule has 0 radical (unpaired) electrons. The van der Waals surface area contributed by atoms with Crippen molar-refractivity contribution in [1.29, 1.82) is 0 Å². The number of pyridine rings is 1. The Hall–Kier alpha value is -2.76. The van der Waals surface area contributed by atoms with Gasteiger partial charge in [-0.05, 0) is 18.2 Å². The Morgan fingerprint density at radius 2 is 1.95 bits per heavy atom. The maximum atomic E-state index is 12.3. The molecule has 0 amide bonds. The first kappa shape index (κ1) is 12.7. The number of hydrogen-bond acceptors (Lipinski definition) is 5. The van der Waals surface area contributed by atoms with E-state index in [2.05, 4.69) is 4.98 Å². The monoisotopic (exact) mass is 258 g/mol. The van der Waals surface area contributed by atoms with Crippen LogP contribution < -0.4 is 4.74 Å². The van der Waals surface area contributed by atoms with Crippen molar-refractivity contribution in [2.24, 2.45) is 0 Å². The topological polar surface area (TPSA) is 82.3 Å². The minimum atomic E-state index is -0.553. The minimum absolute atomic E-state index is 0.154. The van der Waals surface area contributed by atoms with Gasteiger partial charge in [-0.25, -0.2) is 0 Å². The van der Waals surface area contributed by atoms with Crippen LogP contribution >= 0.6 is 0 Å². The number of carbonyl (C=O) groups excluding carboxylic acids is 1. The Bertz CT molecular complexity index is 626. The van der Waals surface area contributed by atoms with Crippen LogP contribution in [0.3, 0.4) is 0 Å². The molecule has 0 aliphatic carbocycles. The normalized spacial score (nSPS) is 9.95. The number of nitro benzene ring substituents is 1. The summed E-state index contributed by atoms with van der Waals surface area (Å²) < 4.78 is 5.06. The van der Waals surface area contributed by atoms with Crippen LogP contribution in [0.1, 0.15) is 15.9 Å². The summed E-state index contributed by atoms with van der Waals surface area (Å²) in [5.41, 5.74) is 0.398. The van der Waals surface area contributed by atoms with E-state index in [1.54, 1.807) is 12.1 Å². The lowest BCUT2D eigenvalue weighted by Crippen LogP contribution is -2.05. The predicted molar refractivity (Wildman–Crippen MR) is 67.3 cm³/mol. The van der Waals surface area contributed by atoms with E-state index in [1.807, 2.05) is 0 Å². The van der Waals surface area contributed by atoms with E-state index in [1.165, 1.54) is 37.7 Å². The number of non-ortho nitro benzene ring substituents is 1. The van der Waals surface area contributed by atoms with Crippen LogP contribution in [-0.4, -0.2) is 22.8 Å². The molecule has 0 saturated carbocycles. The van der Waals surface area contributed by atoms with Gasteiger partial charge in [0.2, 0.25) is 0 Å². The minimum Gasteiger partial charge on any atom is -0.496 e. The van der Waals surface area contributed by atoms with Gasteiger partial charge in [0.25, 0.3) is 5.69 Å². The highest BCUT2D eigenvalue weighted by atomic mass is 16.6. The van der Waals surface area contributed by atoms with Gasteiger partial charge in [-0.3, -0.25) is 19.9 Å². The molecule has 0 N–H and O–H groups in total. The summed E-state index contributed by atoms with van der Waals surface area (Å²) >= 11 is 0. The number of benzene rings is 1. The van der Waals surface area contributed by atoms with Crippen LogP contribution in [0.2, 0.25) is 0 Å². The van der Waals surface area contributed by atoms with Gasteiger partial charge in [0.1, 0.15) is 5.75 Å². The van der Waals surface area contributed by atoms with E-state index >= 15 is 0 Å². The second-order valence-corrected chi connectivity index (χ2v) is 3.71. The van der Waals surface area contributed by atoms with Gasteiger partial charge in [0, 0.05) is 30.1 Å². The number of rotatable bonds is 4.